The zero-order valence-electron chi connectivity index (χ0n) is 11.2. The summed E-state index contributed by atoms with van der Waals surface area (Å²) in [7, 11) is 3.69. The van der Waals surface area contributed by atoms with E-state index in [0.29, 0.717) is 5.56 Å². The minimum Gasteiger partial charge on any atom is -0.497 e. The van der Waals surface area contributed by atoms with Gasteiger partial charge in [-0.1, -0.05) is 12.1 Å². The summed E-state index contributed by atoms with van der Waals surface area (Å²) in [5.74, 6) is 0.863. The summed E-state index contributed by atoms with van der Waals surface area (Å²) in [4.78, 5) is 12.7. The van der Waals surface area contributed by atoms with Gasteiger partial charge in [0, 0.05) is 24.8 Å². The van der Waals surface area contributed by atoms with Crippen molar-refractivity contribution in [2.45, 2.75) is 6.54 Å². The van der Waals surface area contributed by atoms with Crippen LogP contribution in [0.1, 0.15) is 15.9 Å². The fourth-order valence-corrected chi connectivity index (χ4v) is 1.90. The number of carbonyl (C=O) groups is 1. The van der Waals surface area contributed by atoms with Gasteiger partial charge in [0.05, 0.1) is 7.11 Å². The van der Waals surface area contributed by atoms with Gasteiger partial charge in [0.25, 0.3) is 0 Å². The first kappa shape index (κ1) is 13.1. The number of ether oxygens (including phenoxy) is 1. The molecule has 0 aliphatic rings. The van der Waals surface area contributed by atoms with Gasteiger partial charge < -0.3 is 9.64 Å². The molecule has 0 amide bonds. The lowest BCUT2D eigenvalue weighted by atomic mass is 10.1. The van der Waals surface area contributed by atoms with Gasteiger partial charge in [-0.25, -0.2) is 0 Å². The molecule has 3 nitrogen and oxygen atoms in total. The Kier molecular flexibility index (Phi) is 4.18. The Balaban J connectivity index is 2.06. The highest BCUT2D eigenvalue weighted by atomic mass is 16.5. The van der Waals surface area contributed by atoms with E-state index in [1.54, 1.807) is 7.11 Å². The Morgan fingerprint density at radius 2 is 1.68 bits per heavy atom. The molecule has 2 aromatic rings. The molecular weight excluding hydrogens is 238 g/mol. The van der Waals surface area contributed by atoms with E-state index in [9.17, 15) is 4.79 Å². The molecule has 19 heavy (non-hydrogen) atoms. The van der Waals surface area contributed by atoms with E-state index in [0.717, 1.165) is 24.3 Å². The number of aldehydes is 1. The smallest absolute Gasteiger partial charge is 0.150 e. The molecule has 2 aromatic carbocycles. The molecule has 0 spiro atoms. The Hall–Kier alpha value is -2.29. The summed E-state index contributed by atoms with van der Waals surface area (Å²) in [6.45, 7) is 0.810. The average molecular weight is 255 g/mol. The first-order valence-electron chi connectivity index (χ1n) is 6.12. The van der Waals surface area contributed by atoms with Gasteiger partial charge in [-0.15, -0.1) is 0 Å². The number of anilines is 1. The van der Waals surface area contributed by atoms with Gasteiger partial charge >= 0.3 is 0 Å². The fourth-order valence-electron chi connectivity index (χ4n) is 1.90. The summed E-state index contributed by atoms with van der Waals surface area (Å²) in [5, 5.41) is 0. The van der Waals surface area contributed by atoms with Crippen LogP contribution in [0.2, 0.25) is 0 Å². The maximum atomic E-state index is 10.6. The molecule has 0 atom stereocenters. The second kappa shape index (κ2) is 6.05. The summed E-state index contributed by atoms with van der Waals surface area (Å²) < 4.78 is 5.14. The molecule has 98 valence electrons. The number of nitrogens with zero attached hydrogens (tertiary/aromatic N) is 1. The highest BCUT2D eigenvalue weighted by Crippen LogP contribution is 2.17. The van der Waals surface area contributed by atoms with Crippen molar-refractivity contribution in [3.63, 3.8) is 0 Å². The number of methoxy groups -OCH3 is 1. The fraction of sp³-hybridized carbons (Fsp3) is 0.188. The van der Waals surface area contributed by atoms with Gasteiger partial charge in [0.15, 0.2) is 0 Å². The van der Waals surface area contributed by atoms with Gasteiger partial charge in [0.1, 0.15) is 12.0 Å². The molecule has 0 N–H and O–H groups in total. The predicted molar refractivity (Wildman–Crippen MR) is 76.9 cm³/mol. The standard InChI is InChI=1S/C16H17NO2/c1-17(15-7-3-14(12-18)4-8-15)11-13-5-9-16(19-2)10-6-13/h3-10,12H,11H2,1-2H3. The van der Waals surface area contributed by atoms with E-state index in [4.69, 9.17) is 4.74 Å². The van der Waals surface area contributed by atoms with Gasteiger partial charge in [0.2, 0.25) is 0 Å². The summed E-state index contributed by atoms with van der Waals surface area (Å²) in [6, 6.07) is 15.6. The van der Waals surface area contributed by atoms with Gasteiger partial charge in [-0.3, -0.25) is 4.79 Å². The van der Waals surface area contributed by atoms with Crippen LogP contribution >= 0.6 is 0 Å². The molecule has 3 heteroatoms. The van der Waals surface area contributed by atoms with Crippen molar-refractivity contribution in [3.05, 3.63) is 59.7 Å². The third-order valence-corrected chi connectivity index (χ3v) is 3.05. The molecule has 0 bridgehead atoms. The van der Waals surface area contributed by atoms with Crippen LogP contribution in [0.25, 0.3) is 0 Å². The second-order valence-corrected chi connectivity index (χ2v) is 4.41. The van der Waals surface area contributed by atoms with Crippen molar-refractivity contribution in [2.75, 3.05) is 19.1 Å². The Bertz CT molecular complexity index is 532. The molecule has 0 aliphatic heterocycles. The highest BCUT2D eigenvalue weighted by Gasteiger charge is 2.02. The third-order valence-electron chi connectivity index (χ3n) is 3.05. The van der Waals surface area contributed by atoms with Crippen LogP contribution in [0, 0.1) is 0 Å². The van der Waals surface area contributed by atoms with Crippen LogP contribution in [0.5, 0.6) is 5.75 Å². The summed E-state index contributed by atoms with van der Waals surface area (Å²) >= 11 is 0. The molecule has 0 saturated carbocycles. The molecule has 0 heterocycles. The zero-order chi connectivity index (χ0) is 13.7. The molecule has 0 radical (unpaired) electrons. The summed E-state index contributed by atoms with van der Waals surface area (Å²) in [6.07, 6.45) is 0.854. The SMILES string of the molecule is COc1ccc(CN(C)c2ccc(C=O)cc2)cc1. The predicted octanol–water partition coefficient (Wildman–Crippen LogP) is 3.14. The zero-order valence-corrected chi connectivity index (χ0v) is 11.2. The van der Waals surface area contributed by atoms with Crippen LogP contribution in [0.4, 0.5) is 5.69 Å². The lowest BCUT2D eigenvalue weighted by molar-refractivity contribution is 0.112. The molecule has 0 aliphatic carbocycles. The maximum Gasteiger partial charge on any atom is 0.150 e. The average Bonchev–Trinajstić information content (AvgIpc) is 2.48. The normalized spacial score (nSPS) is 10.0. The largest absolute Gasteiger partial charge is 0.497 e. The number of hydrogen-bond donors (Lipinski definition) is 0. The molecule has 0 fully saturated rings. The Morgan fingerprint density at radius 1 is 1.05 bits per heavy atom. The van der Waals surface area contributed by atoms with Crippen LogP contribution in [0.3, 0.4) is 0 Å². The maximum absolute atomic E-state index is 10.6. The molecule has 0 aromatic heterocycles. The third kappa shape index (κ3) is 3.35. The number of benzene rings is 2. The van der Waals surface area contributed by atoms with E-state index in [1.165, 1.54) is 5.56 Å². The lowest BCUT2D eigenvalue weighted by Crippen LogP contribution is -2.16. The highest BCUT2D eigenvalue weighted by molar-refractivity contribution is 5.75. The number of rotatable bonds is 5. The van der Waals surface area contributed by atoms with Crippen LogP contribution in [-0.2, 0) is 6.54 Å². The van der Waals surface area contributed by atoms with Crippen LogP contribution in [0.15, 0.2) is 48.5 Å². The number of carbonyl (C=O) groups excluding carboxylic acids is 1. The van der Waals surface area contributed by atoms with Crippen molar-refractivity contribution in [2.24, 2.45) is 0 Å². The second-order valence-electron chi connectivity index (χ2n) is 4.41. The quantitative estimate of drug-likeness (QED) is 0.769. The molecular formula is C16H17NO2. The van der Waals surface area contributed by atoms with E-state index in [1.807, 2.05) is 43.4 Å². The van der Waals surface area contributed by atoms with E-state index >= 15 is 0 Å². The van der Waals surface area contributed by atoms with Gasteiger partial charge in [-0.2, -0.15) is 0 Å². The molecule has 0 unspecified atom stereocenters. The Morgan fingerprint density at radius 3 is 2.21 bits per heavy atom. The Labute approximate surface area is 113 Å². The lowest BCUT2D eigenvalue weighted by Gasteiger charge is -2.19. The first-order valence-corrected chi connectivity index (χ1v) is 6.12. The van der Waals surface area contributed by atoms with Crippen LogP contribution in [-0.4, -0.2) is 20.4 Å². The van der Waals surface area contributed by atoms with E-state index < -0.39 is 0 Å². The monoisotopic (exact) mass is 255 g/mol. The van der Waals surface area contributed by atoms with Gasteiger partial charge in [-0.05, 0) is 42.0 Å². The number of hydrogen-bond acceptors (Lipinski definition) is 3. The molecule has 2 rings (SSSR count). The van der Waals surface area contributed by atoms with Crippen molar-refractivity contribution in [1.29, 1.82) is 0 Å². The van der Waals surface area contributed by atoms with E-state index in [2.05, 4.69) is 17.0 Å². The van der Waals surface area contributed by atoms with Crippen molar-refractivity contribution in [3.8, 4) is 5.75 Å². The first-order chi connectivity index (χ1) is 9.22. The van der Waals surface area contributed by atoms with E-state index in [-0.39, 0.29) is 0 Å². The minimum absolute atomic E-state index is 0.696. The van der Waals surface area contributed by atoms with Crippen molar-refractivity contribution < 1.29 is 9.53 Å². The van der Waals surface area contributed by atoms with Crippen molar-refractivity contribution in [1.82, 2.24) is 0 Å². The summed E-state index contributed by atoms with van der Waals surface area (Å²) in [5.41, 5.74) is 2.99. The molecule has 0 saturated heterocycles. The van der Waals surface area contributed by atoms with Crippen molar-refractivity contribution >= 4 is 12.0 Å². The topological polar surface area (TPSA) is 29.5 Å². The van der Waals surface area contributed by atoms with Crippen LogP contribution < -0.4 is 9.64 Å². The minimum atomic E-state index is 0.696.